The Morgan fingerprint density at radius 3 is 2.93 bits per heavy atom. The average molecular weight is 233 g/mol. The van der Waals surface area contributed by atoms with Gasteiger partial charge in [0.2, 0.25) is 5.13 Å². The summed E-state index contributed by atoms with van der Waals surface area (Å²) in [6, 6.07) is 0. The third kappa shape index (κ3) is 4.26. The zero-order valence-corrected chi connectivity index (χ0v) is 10.2. The summed E-state index contributed by atoms with van der Waals surface area (Å²) in [7, 11) is 1.68. The summed E-state index contributed by atoms with van der Waals surface area (Å²) in [6.45, 7) is 5.75. The van der Waals surface area contributed by atoms with Gasteiger partial charge in [0.05, 0.1) is 6.61 Å². The number of hydrogen-bond donors (Lipinski definition) is 1. The maximum absolute atomic E-state index is 4.92. The predicted octanol–water partition coefficient (Wildman–Crippen LogP) is 2.10. The van der Waals surface area contributed by atoms with Crippen molar-refractivity contribution in [2.24, 2.45) is 0 Å². The van der Waals surface area contributed by atoms with Gasteiger partial charge in [-0.25, -0.2) is 0 Å². The maximum atomic E-state index is 4.92. The summed E-state index contributed by atoms with van der Waals surface area (Å²) in [4.78, 5) is 0. The summed E-state index contributed by atoms with van der Waals surface area (Å²) < 4.78 is 5.94. The molecule has 6 heteroatoms. The van der Waals surface area contributed by atoms with Crippen LogP contribution in [0.2, 0.25) is 0 Å². The first kappa shape index (κ1) is 11.7. The lowest BCUT2D eigenvalue weighted by molar-refractivity contribution is 0.211. The summed E-state index contributed by atoms with van der Waals surface area (Å²) in [5, 5.41) is 12.6. The third-order valence-electron chi connectivity index (χ3n) is 1.33. The summed E-state index contributed by atoms with van der Waals surface area (Å²) in [5.74, 6) is 0. The molecular formula is C8H15N3OS2. The minimum absolute atomic E-state index is 0.551. The second kappa shape index (κ2) is 6.21. The van der Waals surface area contributed by atoms with Gasteiger partial charge in [0.1, 0.15) is 0 Å². The van der Waals surface area contributed by atoms with E-state index in [1.807, 2.05) is 0 Å². The molecule has 0 saturated carbocycles. The van der Waals surface area contributed by atoms with E-state index >= 15 is 0 Å². The highest BCUT2D eigenvalue weighted by Crippen LogP contribution is 2.28. The molecule has 4 nitrogen and oxygen atoms in total. The lowest BCUT2D eigenvalue weighted by atomic mass is 10.6. The van der Waals surface area contributed by atoms with Gasteiger partial charge < -0.3 is 10.1 Å². The summed E-state index contributed by atoms with van der Waals surface area (Å²) in [5.41, 5.74) is 0. The SMILES string of the molecule is COCCNc1nnc(SC(C)C)s1. The van der Waals surface area contributed by atoms with Crippen molar-refractivity contribution in [1.82, 2.24) is 10.2 Å². The van der Waals surface area contributed by atoms with Crippen molar-refractivity contribution in [1.29, 1.82) is 0 Å². The van der Waals surface area contributed by atoms with E-state index in [1.165, 1.54) is 0 Å². The average Bonchev–Trinajstić information content (AvgIpc) is 2.52. The Hall–Kier alpha value is -0.330. The van der Waals surface area contributed by atoms with Crippen LogP contribution in [0.3, 0.4) is 0 Å². The Bertz CT molecular complexity index is 265. The molecule has 0 unspecified atom stereocenters. The molecule has 0 aliphatic rings. The molecule has 1 aromatic heterocycles. The van der Waals surface area contributed by atoms with Crippen molar-refractivity contribution in [2.45, 2.75) is 23.4 Å². The fourth-order valence-corrected chi connectivity index (χ4v) is 2.79. The molecule has 1 heterocycles. The van der Waals surface area contributed by atoms with Gasteiger partial charge in [0, 0.05) is 18.9 Å². The Morgan fingerprint density at radius 1 is 1.50 bits per heavy atom. The monoisotopic (exact) mass is 233 g/mol. The first-order chi connectivity index (χ1) is 6.72. The summed E-state index contributed by atoms with van der Waals surface area (Å²) >= 11 is 3.32. The molecular weight excluding hydrogens is 218 g/mol. The van der Waals surface area contributed by atoms with Crippen molar-refractivity contribution >= 4 is 28.2 Å². The lowest BCUT2D eigenvalue weighted by Gasteiger charge is -1.99. The normalized spacial score (nSPS) is 10.9. The van der Waals surface area contributed by atoms with Crippen LogP contribution in [0.4, 0.5) is 5.13 Å². The zero-order valence-electron chi connectivity index (χ0n) is 8.61. The van der Waals surface area contributed by atoms with Crippen molar-refractivity contribution in [3.05, 3.63) is 0 Å². The number of nitrogens with one attached hydrogen (secondary N) is 1. The van der Waals surface area contributed by atoms with Gasteiger partial charge in [0.15, 0.2) is 4.34 Å². The highest BCUT2D eigenvalue weighted by molar-refractivity contribution is 8.01. The standard InChI is InChI=1S/C8H15N3OS2/c1-6(2)13-8-11-10-7(14-8)9-4-5-12-3/h6H,4-5H2,1-3H3,(H,9,10). The number of ether oxygens (including phenoxy) is 1. The van der Waals surface area contributed by atoms with E-state index in [4.69, 9.17) is 4.74 Å². The van der Waals surface area contributed by atoms with E-state index in [2.05, 4.69) is 29.4 Å². The number of hydrogen-bond acceptors (Lipinski definition) is 6. The van der Waals surface area contributed by atoms with E-state index in [0.717, 1.165) is 16.0 Å². The molecule has 0 aliphatic heterocycles. The molecule has 0 spiro atoms. The molecule has 0 radical (unpaired) electrons. The van der Waals surface area contributed by atoms with E-state index < -0.39 is 0 Å². The zero-order chi connectivity index (χ0) is 10.4. The number of thioether (sulfide) groups is 1. The first-order valence-electron chi connectivity index (χ1n) is 4.45. The fraction of sp³-hybridized carbons (Fsp3) is 0.750. The highest BCUT2D eigenvalue weighted by atomic mass is 32.2. The van der Waals surface area contributed by atoms with Crippen LogP contribution in [0.5, 0.6) is 0 Å². The van der Waals surface area contributed by atoms with Crippen LogP contribution in [0, 0.1) is 0 Å². The predicted molar refractivity (Wildman–Crippen MR) is 61.3 cm³/mol. The van der Waals surface area contributed by atoms with Gasteiger partial charge in [-0.15, -0.1) is 10.2 Å². The minimum Gasteiger partial charge on any atom is -0.383 e. The molecule has 0 amide bonds. The third-order valence-corrected chi connectivity index (χ3v) is 3.29. The number of aromatic nitrogens is 2. The van der Waals surface area contributed by atoms with E-state index in [1.54, 1.807) is 30.2 Å². The van der Waals surface area contributed by atoms with E-state index in [0.29, 0.717) is 11.9 Å². The molecule has 0 aliphatic carbocycles. The quantitative estimate of drug-likeness (QED) is 0.602. The van der Waals surface area contributed by atoms with Gasteiger partial charge in [-0.3, -0.25) is 0 Å². The van der Waals surface area contributed by atoms with Crippen LogP contribution >= 0.6 is 23.1 Å². The number of methoxy groups -OCH3 is 1. The van der Waals surface area contributed by atoms with Crippen LogP contribution in [0.1, 0.15) is 13.8 Å². The molecule has 1 N–H and O–H groups in total. The van der Waals surface area contributed by atoms with Crippen LogP contribution < -0.4 is 5.32 Å². The molecule has 80 valence electrons. The number of rotatable bonds is 6. The molecule has 0 saturated heterocycles. The second-order valence-corrected chi connectivity index (χ2v) is 5.76. The summed E-state index contributed by atoms with van der Waals surface area (Å²) in [6.07, 6.45) is 0. The molecule has 0 atom stereocenters. The van der Waals surface area contributed by atoms with Gasteiger partial charge >= 0.3 is 0 Å². The lowest BCUT2D eigenvalue weighted by Crippen LogP contribution is -2.06. The Labute approximate surface area is 92.5 Å². The number of nitrogens with zero attached hydrogens (tertiary/aromatic N) is 2. The molecule has 0 aromatic carbocycles. The van der Waals surface area contributed by atoms with Gasteiger partial charge in [-0.05, 0) is 0 Å². The number of anilines is 1. The Kier molecular flexibility index (Phi) is 5.21. The second-order valence-electron chi connectivity index (χ2n) is 2.96. The molecule has 14 heavy (non-hydrogen) atoms. The van der Waals surface area contributed by atoms with Crippen molar-refractivity contribution < 1.29 is 4.74 Å². The molecule has 0 fully saturated rings. The largest absolute Gasteiger partial charge is 0.383 e. The van der Waals surface area contributed by atoms with Crippen molar-refractivity contribution in [3.8, 4) is 0 Å². The van der Waals surface area contributed by atoms with E-state index in [9.17, 15) is 0 Å². The Balaban J connectivity index is 2.35. The molecule has 0 bridgehead atoms. The van der Waals surface area contributed by atoms with Crippen LogP contribution in [0.25, 0.3) is 0 Å². The van der Waals surface area contributed by atoms with Gasteiger partial charge in [-0.1, -0.05) is 36.9 Å². The van der Waals surface area contributed by atoms with Crippen molar-refractivity contribution in [2.75, 3.05) is 25.6 Å². The van der Waals surface area contributed by atoms with Gasteiger partial charge in [-0.2, -0.15) is 0 Å². The van der Waals surface area contributed by atoms with Crippen molar-refractivity contribution in [3.63, 3.8) is 0 Å². The highest BCUT2D eigenvalue weighted by Gasteiger charge is 2.05. The van der Waals surface area contributed by atoms with Gasteiger partial charge in [0.25, 0.3) is 0 Å². The van der Waals surface area contributed by atoms with E-state index in [-0.39, 0.29) is 0 Å². The smallest absolute Gasteiger partial charge is 0.206 e. The molecule has 1 aromatic rings. The minimum atomic E-state index is 0.551. The van der Waals surface area contributed by atoms with Crippen LogP contribution in [-0.4, -0.2) is 35.7 Å². The fourth-order valence-electron chi connectivity index (χ4n) is 0.790. The Morgan fingerprint density at radius 2 is 2.29 bits per heavy atom. The topological polar surface area (TPSA) is 47.0 Å². The first-order valence-corrected chi connectivity index (χ1v) is 6.15. The van der Waals surface area contributed by atoms with Crippen LogP contribution in [-0.2, 0) is 4.74 Å². The maximum Gasteiger partial charge on any atom is 0.206 e. The van der Waals surface area contributed by atoms with Crippen LogP contribution in [0.15, 0.2) is 4.34 Å². The molecule has 1 rings (SSSR count).